The second kappa shape index (κ2) is 8.53. The van der Waals surface area contributed by atoms with Gasteiger partial charge in [-0.1, -0.05) is 0 Å². The molecule has 132 valence electrons. The summed E-state index contributed by atoms with van der Waals surface area (Å²) in [6.07, 6.45) is -0.384. The van der Waals surface area contributed by atoms with Gasteiger partial charge in [0.25, 0.3) is 5.92 Å². The Kier molecular flexibility index (Phi) is 7.60. The highest BCUT2D eigenvalue weighted by atomic mass is 35.5. The third kappa shape index (κ3) is 5.22. The zero-order chi connectivity index (χ0) is 14.9. The Balaban J connectivity index is 0.00000132. The Labute approximate surface area is 150 Å². The molecule has 2 saturated heterocycles. The summed E-state index contributed by atoms with van der Waals surface area (Å²) in [7, 11) is 0. The number of thiazole rings is 1. The van der Waals surface area contributed by atoms with E-state index in [1.165, 1.54) is 0 Å². The summed E-state index contributed by atoms with van der Waals surface area (Å²) in [6, 6.07) is -0.731. The normalized spacial score (nSPS) is 23.9. The van der Waals surface area contributed by atoms with E-state index in [9.17, 15) is 13.6 Å². The number of rotatable bonds is 3. The molecule has 0 radical (unpaired) electrons. The van der Waals surface area contributed by atoms with Gasteiger partial charge in [0.15, 0.2) is 0 Å². The van der Waals surface area contributed by atoms with E-state index in [1.807, 2.05) is 5.38 Å². The molecule has 3 heterocycles. The Morgan fingerprint density at radius 3 is 2.57 bits per heavy atom. The van der Waals surface area contributed by atoms with E-state index in [4.69, 9.17) is 0 Å². The third-order valence-electron chi connectivity index (χ3n) is 3.96. The van der Waals surface area contributed by atoms with Gasteiger partial charge in [0.05, 0.1) is 23.8 Å². The van der Waals surface area contributed by atoms with E-state index in [1.54, 1.807) is 21.7 Å². The molecule has 23 heavy (non-hydrogen) atoms. The van der Waals surface area contributed by atoms with Crippen LogP contribution in [0.3, 0.4) is 0 Å². The fraction of sp³-hybridized carbons (Fsp3) is 0.692. The maximum atomic E-state index is 13.1. The SMILES string of the molecule is Cl.Cl.O=C(C1CC(F)(F)CN1)N1CCN(Cc2cscn2)CC1. The van der Waals surface area contributed by atoms with Crippen LogP contribution >= 0.6 is 36.2 Å². The first-order valence-electron chi connectivity index (χ1n) is 7.03. The van der Waals surface area contributed by atoms with Crippen LogP contribution in [0.4, 0.5) is 8.78 Å². The topological polar surface area (TPSA) is 48.5 Å². The van der Waals surface area contributed by atoms with Gasteiger partial charge in [-0.3, -0.25) is 15.0 Å². The van der Waals surface area contributed by atoms with Crippen LogP contribution in [-0.4, -0.2) is 65.4 Å². The number of carbonyl (C=O) groups is 1. The quantitative estimate of drug-likeness (QED) is 0.854. The molecule has 1 aromatic heterocycles. The van der Waals surface area contributed by atoms with E-state index < -0.39 is 18.5 Å². The second-order valence-electron chi connectivity index (χ2n) is 5.57. The number of carbonyl (C=O) groups excluding carboxylic acids is 1. The fourth-order valence-electron chi connectivity index (χ4n) is 2.78. The van der Waals surface area contributed by atoms with Crippen LogP contribution in [0.5, 0.6) is 0 Å². The number of nitrogens with one attached hydrogen (secondary N) is 1. The number of hydrogen-bond donors (Lipinski definition) is 1. The maximum absolute atomic E-state index is 13.1. The van der Waals surface area contributed by atoms with Gasteiger partial charge in [-0.25, -0.2) is 13.8 Å². The van der Waals surface area contributed by atoms with E-state index in [-0.39, 0.29) is 37.1 Å². The van der Waals surface area contributed by atoms with Crippen molar-refractivity contribution in [2.45, 2.75) is 24.9 Å². The molecule has 3 rings (SSSR count). The molecule has 2 aliphatic heterocycles. The van der Waals surface area contributed by atoms with Crippen LogP contribution in [0.15, 0.2) is 10.9 Å². The highest BCUT2D eigenvalue weighted by Gasteiger charge is 2.43. The largest absolute Gasteiger partial charge is 0.339 e. The van der Waals surface area contributed by atoms with Crippen LogP contribution in [-0.2, 0) is 11.3 Å². The van der Waals surface area contributed by atoms with Gasteiger partial charge in [-0.15, -0.1) is 36.2 Å². The van der Waals surface area contributed by atoms with Crippen LogP contribution in [0.2, 0.25) is 0 Å². The van der Waals surface area contributed by atoms with Gasteiger partial charge in [0.1, 0.15) is 0 Å². The number of amides is 1. The molecule has 0 aromatic carbocycles. The van der Waals surface area contributed by atoms with Gasteiger partial charge in [-0.05, 0) is 0 Å². The molecule has 10 heteroatoms. The van der Waals surface area contributed by atoms with Crippen molar-refractivity contribution < 1.29 is 13.6 Å². The van der Waals surface area contributed by atoms with E-state index in [0.29, 0.717) is 13.1 Å². The molecule has 5 nitrogen and oxygen atoms in total. The van der Waals surface area contributed by atoms with Crippen molar-refractivity contribution >= 4 is 42.1 Å². The molecule has 1 aromatic rings. The van der Waals surface area contributed by atoms with E-state index in [0.717, 1.165) is 25.3 Å². The lowest BCUT2D eigenvalue weighted by molar-refractivity contribution is -0.135. The summed E-state index contributed by atoms with van der Waals surface area (Å²) < 4.78 is 26.3. The second-order valence-corrected chi connectivity index (χ2v) is 6.29. The molecule has 0 saturated carbocycles. The van der Waals surface area contributed by atoms with Crippen LogP contribution in [0, 0.1) is 0 Å². The summed E-state index contributed by atoms with van der Waals surface area (Å²) in [6.45, 7) is 3.08. The molecule has 0 bridgehead atoms. The minimum absolute atomic E-state index is 0. The first kappa shape index (κ1) is 20.5. The van der Waals surface area contributed by atoms with E-state index >= 15 is 0 Å². The van der Waals surface area contributed by atoms with Crippen molar-refractivity contribution in [1.82, 2.24) is 20.1 Å². The Morgan fingerprint density at radius 1 is 1.35 bits per heavy atom. The Bertz CT molecular complexity index is 498. The molecule has 1 atom stereocenters. The standard InChI is InChI=1S/C13H18F2N4OS.2ClH/c14-13(15)5-11(16-8-13)12(20)19-3-1-18(2-4-19)6-10-7-21-9-17-10;;/h7,9,11,16H,1-6,8H2;2*1H. The molecule has 1 N–H and O–H groups in total. The highest BCUT2D eigenvalue weighted by molar-refractivity contribution is 7.07. The van der Waals surface area contributed by atoms with Crippen molar-refractivity contribution in [2.24, 2.45) is 0 Å². The van der Waals surface area contributed by atoms with Gasteiger partial charge in [0.2, 0.25) is 5.91 Å². The lowest BCUT2D eigenvalue weighted by Gasteiger charge is -2.35. The minimum Gasteiger partial charge on any atom is -0.339 e. The number of alkyl halides is 2. The Morgan fingerprint density at radius 2 is 2.04 bits per heavy atom. The number of hydrogen-bond acceptors (Lipinski definition) is 5. The summed E-state index contributed by atoms with van der Waals surface area (Å²) in [5, 5.41) is 4.64. The van der Waals surface area contributed by atoms with Gasteiger partial charge in [-0.2, -0.15) is 0 Å². The summed E-state index contributed by atoms with van der Waals surface area (Å²) >= 11 is 1.57. The van der Waals surface area contributed by atoms with Gasteiger partial charge in [0, 0.05) is 44.5 Å². The summed E-state index contributed by atoms with van der Waals surface area (Å²) in [5.41, 5.74) is 2.85. The van der Waals surface area contributed by atoms with Crippen molar-refractivity contribution in [2.75, 3.05) is 32.7 Å². The van der Waals surface area contributed by atoms with Crippen molar-refractivity contribution in [3.05, 3.63) is 16.6 Å². The molecule has 2 aliphatic rings. The smallest absolute Gasteiger partial charge is 0.262 e. The zero-order valence-electron chi connectivity index (χ0n) is 12.4. The molecule has 0 aliphatic carbocycles. The third-order valence-corrected chi connectivity index (χ3v) is 4.60. The van der Waals surface area contributed by atoms with Crippen molar-refractivity contribution in [3.63, 3.8) is 0 Å². The molecule has 1 unspecified atom stereocenters. The van der Waals surface area contributed by atoms with Gasteiger partial charge < -0.3 is 4.90 Å². The predicted molar refractivity (Wildman–Crippen MR) is 89.8 cm³/mol. The summed E-state index contributed by atoms with van der Waals surface area (Å²) in [4.78, 5) is 20.4. The molecule has 1 amide bonds. The maximum Gasteiger partial charge on any atom is 0.262 e. The number of nitrogens with zero attached hydrogens (tertiary/aromatic N) is 3. The minimum atomic E-state index is -2.76. The number of piperazine rings is 1. The number of aromatic nitrogens is 1. The average Bonchev–Trinajstić information content (AvgIpc) is 3.08. The van der Waals surface area contributed by atoms with Crippen molar-refractivity contribution in [3.8, 4) is 0 Å². The molecular formula is C13H20Cl2F2N4OS. The predicted octanol–water partition coefficient (Wildman–Crippen LogP) is 1.63. The van der Waals surface area contributed by atoms with Crippen LogP contribution in [0.25, 0.3) is 0 Å². The lowest BCUT2D eigenvalue weighted by Crippen LogP contribution is -2.52. The zero-order valence-corrected chi connectivity index (χ0v) is 14.9. The first-order valence-corrected chi connectivity index (χ1v) is 7.97. The highest BCUT2D eigenvalue weighted by Crippen LogP contribution is 2.26. The molecule has 2 fully saturated rings. The lowest BCUT2D eigenvalue weighted by atomic mass is 10.1. The Hall–Kier alpha value is -0.540. The first-order chi connectivity index (χ1) is 10.0. The molecule has 0 spiro atoms. The van der Waals surface area contributed by atoms with Gasteiger partial charge >= 0.3 is 0 Å². The van der Waals surface area contributed by atoms with Crippen molar-refractivity contribution in [1.29, 1.82) is 0 Å². The fourth-order valence-corrected chi connectivity index (χ4v) is 3.33. The average molecular weight is 389 g/mol. The molecular weight excluding hydrogens is 369 g/mol. The number of halogens is 4. The van der Waals surface area contributed by atoms with Crippen LogP contribution in [0.1, 0.15) is 12.1 Å². The summed E-state index contributed by atoms with van der Waals surface area (Å²) in [5.74, 6) is -2.95. The van der Waals surface area contributed by atoms with Crippen LogP contribution < -0.4 is 5.32 Å². The monoisotopic (exact) mass is 388 g/mol. The van der Waals surface area contributed by atoms with E-state index in [2.05, 4.69) is 15.2 Å².